The first-order chi connectivity index (χ1) is 11.7. The fourth-order valence-corrected chi connectivity index (χ4v) is 3.66. The summed E-state index contributed by atoms with van der Waals surface area (Å²) in [5.74, 6) is 1.50. The van der Waals surface area contributed by atoms with E-state index in [9.17, 15) is 4.79 Å². The van der Waals surface area contributed by atoms with Crippen LogP contribution in [0.15, 0.2) is 28.6 Å². The van der Waals surface area contributed by atoms with Crippen molar-refractivity contribution in [1.29, 1.82) is 0 Å². The molecule has 1 unspecified atom stereocenters. The molecule has 7 heteroatoms. The Morgan fingerprint density at radius 3 is 2.62 bits per heavy atom. The lowest BCUT2D eigenvalue weighted by Crippen LogP contribution is -2.32. The average molecular weight is 366 g/mol. The lowest BCUT2D eigenvalue weighted by molar-refractivity contribution is -0.122. The molecule has 0 radical (unpaired) electrons. The number of thioether (sulfide) groups is 1. The Bertz CT molecular complexity index is 644. The van der Waals surface area contributed by atoms with Crippen LogP contribution < -0.4 is 10.1 Å². The van der Waals surface area contributed by atoms with Crippen molar-refractivity contribution in [3.05, 3.63) is 29.8 Å². The van der Waals surface area contributed by atoms with E-state index in [4.69, 9.17) is 4.74 Å². The van der Waals surface area contributed by atoms with Gasteiger partial charge in [-0.05, 0) is 37.0 Å². The summed E-state index contributed by atoms with van der Waals surface area (Å²) in [4.78, 5) is 12.4. The quantitative estimate of drug-likeness (QED) is 0.527. The number of aromatic nitrogens is 2. The largest absolute Gasteiger partial charge is 0.481 e. The molecule has 0 saturated carbocycles. The first kappa shape index (κ1) is 18.7. The highest BCUT2D eigenvalue weighted by Crippen LogP contribution is 2.26. The molecule has 1 aromatic heterocycles. The SMILES string of the molecule is CCCSc1nnc(NC(=O)C(CC)Oc2ccc(CC)cc2)s1. The predicted molar refractivity (Wildman–Crippen MR) is 100 cm³/mol. The number of ether oxygens (including phenoxy) is 1. The van der Waals surface area contributed by atoms with Crippen molar-refractivity contribution in [2.24, 2.45) is 0 Å². The van der Waals surface area contributed by atoms with Crippen molar-refractivity contribution in [2.45, 2.75) is 50.5 Å². The summed E-state index contributed by atoms with van der Waals surface area (Å²) in [6, 6.07) is 7.84. The van der Waals surface area contributed by atoms with Crippen LogP contribution >= 0.6 is 23.1 Å². The van der Waals surface area contributed by atoms with Gasteiger partial charge in [0.1, 0.15) is 5.75 Å². The van der Waals surface area contributed by atoms with Crippen molar-refractivity contribution in [2.75, 3.05) is 11.1 Å². The van der Waals surface area contributed by atoms with Gasteiger partial charge < -0.3 is 4.74 Å². The maximum Gasteiger partial charge on any atom is 0.267 e. The van der Waals surface area contributed by atoms with Crippen LogP contribution in [0.4, 0.5) is 5.13 Å². The first-order valence-corrected chi connectivity index (χ1v) is 9.99. The Balaban J connectivity index is 1.93. The number of anilines is 1. The van der Waals surface area contributed by atoms with Crippen molar-refractivity contribution in [3.63, 3.8) is 0 Å². The van der Waals surface area contributed by atoms with Crippen LogP contribution in [-0.2, 0) is 11.2 Å². The van der Waals surface area contributed by atoms with E-state index in [0.29, 0.717) is 17.3 Å². The van der Waals surface area contributed by atoms with Crippen LogP contribution in [0, 0.1) is 0 Å². The van der Waals surface area contributed by atoms with E-state index in [1.165, 1.54) is 16.9 Å². The molecule has 2 rings (SSSR count). The molecule has 130 valence electrons. The zero-order valence-electron chi connectivity index (χ0n) is 14.2. The second kappa shape index (κ2) is 9.64. The monoisotopic (exact) mass is 365 g/mol. The molecule has 0 bridgehead atoms. The summed E-state index contributed by atoms with van der Waals surface area (Å²) in [6.07, 6.45) is 2.09. The third-order valence-corrected chi connectivity index (χ3v) is 5.52. The van der Waals surface area contributed by atoms with E-state index >= 15 is 0 Å². The zero-order chi connectivity index (χ0) is 17.4. The van der Waals surface area contributed by atoms with E-state index in [-0.39, 0.29) is 5.91 Å². The van der Waals surface area contributed by atoms with Gasteiger partial charge in [-0.15, -0.1) is 10.2 Å². The van der Waals surface area contributed by atoms with Crippen molar-refractivity contribution < 1.29 is 9.53 Å². The summed E-state index contributed by atoms with van der Waals surface area (Å²) in [6.45, 7) is 6.15. The fraction of sp³-hybridized carbons (Fsp3) is 0.471. The zero-order valence-corrected chi connectivity index (χ0v) is 15.9. The maximum absolute atomic E-state index is 12.4. The van der Waals surface area contributed by atoms with Crippen LogP contribution in [0.25, 0.3) is 0 Å². The molecule has 0 aliphatic rings. The number of nitrogens with zero attached hydrogens (tertiary/aromatic N) is 2. The molecule has 0 aliphatic heterocycles. The number of amides is 1. The summed E-state index contributed by atoms with van der Waals surface area (Å²) >= 11 is 3.04. The predicted octanol–water partition coefficient (Wildman–Crippen LogP) is 4.40. The molecule has 0 aliphatic carbocycles. The number of hydrogen-bond acceptors (Lipinski definition) is 6. The van der Waals surface area contributed by atoms with Gasteiger partial charge in [0.05, 0.1) is 0 Å². The highest BCUT2D eigenvalue weighted by atomic mass is 32.2. The summed E-state index contributed by atoms with van der Waals surface area (Å²) < 4.78 is 6.68. The number of rotatable bonds is 9. The Morgan fingerprint density at radius 2 is 2.00 bits per heavy atom. The molecule has 1 aromatic carbocycles. The van der Waals surface area contributed by atoms with Crippen molar-refractivity contribution in [1.82, 2.24) is 10.2 Å². The third kappa shape index (κ3) is 5.49. The molecular weight excluding hydrogens is 342 g/mol. The van der Waals surface area contributed by atoms with Crippen LogP contribution in [0.1, 0.15) is 39.2 Å². The highest BCUT2D eigenvalue weighted by Gasteiger charge is 2.20. The van der Waals surface area contributed by atoms with Crippen LogP contribution in [0.2, 0.25) is 0 Å². The molecule has 5 nitrogen and oxygen atoms in total. The Kier molecular flexibility index (Phi) is 7.52. The number of benzene rings is 1. The van der Waals surface area contributed by atoms with Gasteiger partial charge in [0.15, 0.2) is 10.4 Å². The Labute approximate surface area is 151 Å². The number of hydrogen-bond donors (Lipinski definition) is 1. The van der Waals surface area contributed by atoms with Gasteiger partial charge in [0.2, 0.25) is 5.13 Å². The Morgan fingerprint density at radius 1 is 1.25 bits per heavy atom. The second-order valence-corrected chi connectivity index (χ2v) is 7.54. The van der Waals surface area contributed by atoms with E-state index in [1.807, 2.05) is 31.2 Å². The molecule has 1 atom stereocenters. The minimum absolute atomic E-state index is 0.194. The standard InChI is InChI=1S/C17H23N3O2S2/c1-4-11-23-17-20-19-16(24-17)18-15(21)14(6-3)22-13-9-7-12(5-2)8-10-13/h7-10,14H,4-6,11H2,1-3H3,(H,18,19,21). The van der Waals surface area contributed by atoms with Crippen LogP contribution in [-0.4, -0.2) is 28.0 Å². The lowest BCUT2D eigenvalue weighted by Gasteiger charge is -2.16. The maximum atomic E-state index is 12.4. The smallest absolute Gasteiger partial charge is 0.267 e. The number of carbonyl (C=O) groups excluding carboxylic acids is 1. The molecule has 0 spiro atoms. The van der Waals surface area contributed by atoms with E-state index in [0.717, 1.165) is 22.9 Å². The van der Waals surface area contributed by atoms with Gasteiger partial charge in [-0.25, -0.2) is 0 Å². The van der Waals surface area contributed by atoms with Gasteiger partial charge in [0.25, 0.3) is 5.91 Å². The van der Waals surface area contributed by atoms with Gasteiger partial charge in [0, 0.05) is 5.75 Å². The topological polar surface area (TPSA) is 64.1 Å². The molecule has 1 N–H and O–H groups in total. The van der Waals surface area contributed by atoms with Crippen molar-refractivity contribution >= 4 is 34.1 Å². The molecule has 2 aromatic rings. The fourth-order valence-electron chi connectivity index (χ4n) is 1.98. The molecule has 1 heterocycles. The number of aryl methyl sites for hydroxylation is 1. The van der Waals surface area contributed by atoms with Gasteiger partial charge in [-0.3, -0.25) is 10.1 Å². The molecule has 0 saturated heterocycles. The first-order valence-electron chi connectivity index (χ1n) is 8.19. The number of nitrogens with one attached hydrogen (secondary N) is 1. The van der Waals surface area contributed by atoms with Crippen LogP contribution in [0.5, 0.6) is 5.75 Å². The molecule has 1 amide bonds. The van der Waals surface area contributed by atoms with Gasteiger partial charge in [-0.1, -0.05) is 56.0 Å². The van der Waals surface area contributed by atoms with E-state index in [1.54, 1.807) is 11.8 Å². The van der Waals surface area contributed by atoms with Gasteiger partial charge in [-0.2, -0.15) is 0 Å². The minimum Gasteiger partial charge on any atom is -0.481 e. The van der Waals surface area contributed by atoms with Crippen molar-refractivity contribution in [3.8, 4) is 5.75 Å². The van der Waals surface area contributed by atoms with Crippen LogP contribution in [0.3, 0.4) is 0 Å². The third-order valence-electron chi connectivity index (χ3n) is 3.34. The number of carbonyl (C=O) groups is 1. The average Bonchev–Trinajstić information content (AvgIpc) is 3.05. The second-order valence-electron chi connectivity index (χ2n) is 5.22. The summed E-state index contributed by atoms with van der Waals surface area (Å²) in [5.41, 5.74) is 1.24. The van der Waals surface area contributed by atoms with E-state index in [2.05, 4.69) is 29.4 Å². The normalized spacial score (nSPS) is 12.0. The summed E-state index contributed by atoms with van der Waals surface area (Å²) in [7, 11) is 0. The highest BCUT2D eigenvalue weighted by molar-refractivity contribution is 8.01. The van der Waals surface area contributed by atoms with E-state index < -0.39 is 6.10 Å². The Hall–Kier alpha value is -1.60. The molecule has 24 heavy (non-hydrogen) atoms. The lowest BCUT2D eigenvalue weighted by atomic mass is 10.2. The minimum atomic E-state index is -0.548. The molecular formula is C17H23N3O2S2. The summed E-state index contributed by atoms with van der Waals surface area (Å²) in [5, 5.41) is 11.4. The van der Waals surface area contributed by atoms with Gasteiger partial charge >= 0.3 is 0 Å². The molecule has 0 fully saturated rings.